The van der Waals surface area contributed by atoms with Crippen molar-refractivity contribution in [1.82, 2.24) is 9.55 Å². The summed E-state index contributed by atoms with van der Waals surface area (Å²) < 4.78 is 1.44. The summed E-state index contributed by atoms with van der Waals surface area (Å²) in [6, 6.07) is 1.32. The molecule has 1 aromatic heterocycles. The topological polar surface area (TPSA) is 90.1 Å². The van der Waals surface area contributed by atoms with Crippen molar-refractivity contribution in [2.45, 2.75) is 19.4 Å². The monoisotopic (exact) mass is 199 g/mol. The number of hydrogen-bond donors (Lipinski definition) is 2. The van der Waals surface area contributed by atoms with Crippen molar-refractivity contribution in [1.29, 1.82) is 0 Å². The molecule has 0 saturated carbocycles. The first kappa shape index (κ1) is 10.7. The Hall–Kier alpha value is -1.40. The summed E-state index contributed by atoms with van der Waals surface area (Å²) in [5.74, 6) is 4.84. The second-order valence-corrected chi connectivity index (χ2v) is 2.88. The first-order valence-corrected chi connectivity index (χ1v) is 4.35. The molecule has 0 unspecified atom stereocenters. The van der Waals surface area contributed by atoms with Gasteiger partial charge < -0.3 is 9.40 Å². The summed E-state index contributed by atoms with van der Waals surface area (Å²) in [7, 11) is 0. The zero-order valence-corrected chi connectivity index (χ0v) is 7.73. The van der Waals surface area contributed by atoms with Gasteiger partial charge in [0.25, 0.3) is 5.56 Å². The van der Waals surface area contributed by atoms with Crippen molar-refractivity contribution in [2.24, 2.45) is 5.90 Å². The molecular weight excluding hydrogens is 186 g/mol. The van der Waals surface area contributed by atoms with Gasteiger partial charge in [-0.2, -0.15) is 0 Å². The predicted molar refractivity (Wildman–Crippen MR) is 50.7 cm³/mol. The molecule has 0 amide bonds. The van der Waals surface area contributed by atoms with E-state index in [9.17, 15) is 9.59 Å². The summed E-state index contributed by atoms with van der Waals surface area (Å²) in [5.41, 5.74) is -0.761. The van der Waals surface area contributed by atoms with Crippen LogP contribution in [0.25, 0.3) is 0 Å². The molecular formula is C8H13N3O3. The van der Waals surface area contributed by atoms with Gasteiger partial charge in [-0.25, -0.2) is 10.7 Å². The molecule has 0 aliphatic rings. The van der Waals surface area contributed by atoms with E-state index in [1.165, 1.54) is 16.8 Å². The molecule has 0 spiro atoms. The van der Waals surface area contributed by atoms with E-state index >= 15 is 0 Å². The van der Waals surface area contributed by atoms with Crippen LogP contribution in [0, 0.1) is 0 Å². The number of unbranched alkanes of at least 4 members (excludes halogenated alkanes) is 1. The highest BCUT2D eigenvalue weighted by Crippen LogP contribution is 1.90. The third-order valence-electron chi connectivity index (χ3n) is 1.81. The van der Waals surface area contributed by atoms with Gasteiger partial charge >= 0.3 is 5.69 Å². The standard InChI is InChI=1S/C8H13N3O3/c9-14-6-2-1-4-11-5-3-7(12)10-8(11)13/h3,5H,1-2,4,6,9H2,(H,10,12,13). The summed E-state index contributed by atoms with van der Waals surface area (Å²) in [5, 5.41) is 0. The molecule has 0 radical (unpaired) electrons. The quantitative estimate of drug-likeness (QED) is 0.480. The predicted octanol–water partition coefficient (Wildman–Crippen LogP) is -0.793. The Morgan fingerprint density at radius 2 is 2.21 bits per heavy atom. The lowest BCUT2D eigenvalue weighted by Crippen LogP contribution is -2.28. The number of nitrogens with zero attached hydrogens (tertiary/aromatic N) is 1. The van der Waals surface area contributed by atoms with E-state index in [2.05, 4.69) is 9.82 Å². The van der Waals surface area contributed by atoms with Crippen LogP contribution in [0.2, 0.25) is 0 Å². The molecule has 0 aliphatic heterocycles. The lowest BCUT2D eigenvalue weighted by Gasteiger charge is -2.02. The Morgan fingerprint density at radius 3 is 2.86 bits per heavy atom. The van der Waals surface area contributed by atoms with Gasteiger partial charge in [0.2, 0.25) is 0 Å². The van der Waals surface area contributed by atoms with Gasteiger partial charge in [-0.15, -0.1) is 0 Å². The molecule has 14 heavy (non-hydrogen) atoms. The minimum atomic E-state index is -0.383. The lowest BCUT2D eigenvalue weighted by molar-refractivity contribution is 0.133. The van der Waals surface area contributed by atoms with Crippen LogP contribution in [0.3, 0.4) is 0 Å². The van der Waals surface area contributed by atoms with Crippen LogP contribution in [0.1, 0.15) is 12.8 Å². The average Bonchev–Trinajstić information content (AvgIpc) is 2.15. The number of nitrogens with two attached hydrogens (primary N) is 1. The average molecular weight is 199 g/mol. The molecule has 0 bridgehead atoms. The van der Waals surface area contributed by atoms with Crippen molar-refractivity contribution in [3.63, 3.8) is 0 Å². The van der Waals surface area contributed by atoms with Gasteiger partial charge in [-0.05, 0) is 12.8 Å². The Labute approximate surface area is 80.3 Å². The van der Waals surface area contributed by atoms with Gasteiger partial charge in [0.15, 0.2) is 0 Å². The van der Waals surface area contributed by atoms with E-state index in [0.29, 0.717) is 13.2 Å². The fourth-order valence-corrected chi connectivity index (χ4v) is 1.09. The maximum absolute atomic E-state index is 11.2. The minimum absolute atomic E-state index is 0.378. The second kappa shape index (κ2) is 5.36. The molecule has 1 rings (SSSR count). The summed E-state index contributed by atoms with van der Waals surface area (Å²) in [4.78, 5) is 28.4. The maximum Gasteiger partial charge on any atom is 0.328 e. The normalized spacial score (nSPS) is 10.4. The zero-order chi connectivity index (χ0) is 10.4. The molecule has 3 N–H and O–H groups in total. The van der Waals surface area contributed by atoms with Crippen molar-refractivity contribution >= 4 is 0 Å². The Morgan fingerprint density at radius 1 is 1.43 bits per heavy atom. The van der Waals surface area contributed by atoms with Gasteiger partial charge in [-0.1, -0.05) is 0 Å². The SMILES string of the molecule is NOCCCCn1ccc(=O)[nH]c1=O. The molecule has 0 fully saturated rings. The number of rotatable bonds is 5. The Bertz CT molecular complexity index is 382. The number of aryl methyl sites for hydroxylation is 1. The third kappa shape index (κ3) is 3.15. The highest BCUT2D eigenvalue weighted by molar-refractivity contribution is 4.82. The summed E-state index contributed by atoms with van der Waals surface area (Å²) in [6.45, 7) is 1.02. The summed E-state index contributed by atoms with van der Waals surface area (Å²) in [6.07, 6.45) is 3.04. The largest absolute Gasteiger partial charge is 0.328 e. The van der Waals surface area contributed by atoms with Gasteiger partial charge in [0.1, 0.15) is 0 Å². The van der Waals surface area contributed by atoms with Crippen LogP contribution in [0.5, 0.6) is 0 Å². The number of aromatic amines is 1. The Balaban J connectivity index is 2.51. The van der Waals surface area contributed by atoms with Crippen molar-refractivity contribution in [3.8, 4) is 0 Å². The molecule has 0 atom stereocenters. The van der Waals surface area contributed by atoms with Crippen LogP contribution in [0.4, 0.5) is 0 Å². The fourth-order valence-electron chi connectivity index (χ4n) is 1.09. The van der Waals surface area contributed by atoms with Crippen molar-refractivity contribution < 1.29 is 4.84 Å². The third-order valence-corrected chi connectivity index (χ3v) is 1.81. The van der Waals surface area contributed by atoms with E-state index in [4.69, 9.17) is 5.90 Å². The second-order valence-electron chi connectivity index (χ2n) is 2.88. The van der Waals surface area contributed by atoms with Crippen LogP contribution < -0.4 is 17.1 Å². The van der Waals surface area contributed by atoms with Gasteiger partial charge in [-0.3, -0.25) is 9.78 Å². The van der Waals surface area contributed by atoms with Crippen LogP contribution in [-0.2, 0) is 11.4 Å². The number of nitrogens with one attached hydrogen (secondary N) is 1. The van der Waals surface area contributed by atoms with Crippen molar-refractivity contribution in [2.75, 3.05) is 6.61 Å². The minimum Gasteiger partial charge on any atom is -0.305 e. The molecule has 6 heteroatoms. The fraction of sp³-hybridized carbons (Fsp3) is 0.500. The number of aromatic nitrogens is 2. The molecule has 78 valence electrons. The van der Waals surface area contributed by atoms with Gasteiger partial charge in [0.05, 0.1) is 6.61 Å². The van der Waals surface area contributed by atoms with E-state index in [1.807, 2.05) is 0 Å². The summed E-state index contributed by atoms with van der Waals surface area (Å²) >= 11 is 0. The highest BCUT2D eigenvalue weighted by atomic mass is 16.6. The smallest absolute Gasteiger partial charge is 0.305 e. The lowest BCUT2D eigenvalue weighted by atomic mass is 10.3. The van der Waals surface area contributed by atoms with Crippen molar-refractivity contribution in [3.05, 3.63) is 33.1 Å². The maximum atomic E-state index is 11.2. The Kier molecular flexibility index (Phi) is 4.09. The molecule has 6 nitrogen and oxygen atoms in total. The highest BCUT2D eigenvalue weighted by Gasteiger charge is 1.95. The van der Waals surface area contributed by atoms with Crippen LogP contribution in [-0.4, -0.2) is 16.2 Å². The molecule has 0 aliphatic carbocycles. The van der Waals surface area contributed by atoms with Crippen LogP contribution in [0.15, 0.2) is 21.9 Å². The van der Waals surface area contributed by atoms with Crippen LogP contribution >= 0.6 is 0 Å². The van der Waals surface area contributed by atoms with E-state index < -0.39 is 0 Å². The molecule has 0 aromatic carbocycles. The van der Waals surface area contributed by atoms with Gasteiger partial charge in [0, 0.05) is 18.8 Å². The molecule has 0 saturated heterocycles. The first-order chi connectivity index (χ1) is 6.74. The van der Waals surface area contributed by atoms with E-state index in [-0.39, 0.29) is 11.2 Å². The number of H-pyrrole nitrogens is 1. The van der Waals surface area contributed by atoms with E-state index in [0.717, 1.165) is 12.8 Å². The zero-order valence-electron chi connectivity index (χ0n) is 7.73. The molecule has 1 aromatic rings. The number of hydrogen-bond acceptors (Lipinski definition) is 4. The first-order valence-electron chi connectivity index (χ1n) is 4.35. The molecule has 1 heterocycles. The van der Waals surface area contributed by atoms with E-state index in [1.54, 1.807) is 0 Å².